The second-order valence-corrected chi connectivity index (χ2v) is 1.74. The number of hydrogen-bond donors (Lipinski definition) is 0. The molecule has 9 heavy (non-hydrogen) atoms. The maximum absolute atomic E-state index is 9.53. The van der Waals surface area contributed by atoms with E-state index in [1.807, 2.05) is 0 Å². The molecule has 2 heteroatoms. The summed E-state index contributed by atoms with van der Waals surface area (Å²) in [5, 5.41) is 9.53. The molecule has 0 fully saturated rings. The van der Waals surface area contributed by atoms with Crippen molar-refractivity contribution in [3.05, 3.63) is 0 Å². The Balaban J connectivity index is 0. The molecule has 0 saturated carbocycles. The van der Waals surface area contributed by atoms with Gasteiger partial charge in [0.05, 0.1) is 0 Å². The number of rotatable bonds is 3. The molecule has 46 valence electrons. The Kier molecular flexibility index (Phi) is 14.1. The van der Waals surface area contributed by atoms with Crippen LogP contribution in [-0.2, 0) is 0 Å². The maximum Gasteiger partial charge on any atom is 1.00 e. The van der Waals surface area contributed by atoms with Crippen LogP contribution in [0.1, 0.15) is 32.6 Å². The van der Waals surface area contributed by atoms with Crippen molar-refractivity contribution in [3.63, 3.8) is 0 Å². The van der Waals surface area contributed by atoms with Crippen LogP contribution in [0.2, 0.25) is 0 Å². The van der Waals surface area contributed by atoms with Crippen molar-refractivity contribution in [2.45, 2.75) is 32.6 Å². The van der Waals surface area contributed by atoms with Crippen LogP contribution in [-0.4, -0.2) is 0 Å². The topological polar surface area (TPSA) is 23.1 Å². The van der Waals surface area contributed by atoms with Gasteiger partial charge in [-0.15, -0.1) is 5.92 Å². The van der Waals surface area contributed by atoms with Gasteiger partial charge in [-0.2, -0.15) is 6.11 Å². The van der Waals surface area contributed by atoms with E-state index in [0.29, 0.717) is 0 Å². The molecule has 0 aliphatic heterocycles. The van der Waals surface area contributed by atoms with Gasteiger partial charge >= 0.3 is 18.9 Å². The van der Waals surface area contributed by atoms with Crippen LogP contribution in [0, 0.1) is 12.0 Å². The summed E-state index contributed by atoms with van der Waals surface area (Å²) in [6.45, 7) is 2.13. The predicted octanol–water partition coefficient (Wildman–Crippen LogP) is -2.11. The summed E-state index contributed by atoms with van der Waals surface area (Å²) in [6.07, 6.45) is 5.86. The first-order chi connectivity index (χ1) is 3.91. The zero-order valence-corrected chi connectivity index (χ0v) is 6.24. The molecule has 0 aromatic rings. The fraction of sp³-hybridized carbons (Fsp3) is 0.714. The third-order valence-electron chi connectivity index (χ3n) is 0.977. The summed E-state index contributed by atoms with van der Waals surface area (Å²) >= 11 is 0. The average Bonchev–Trinajstić information content (AvgIpc) is 1.81. The largest absolute Gasteiger partial charge is 1.00 e. The standard InChI is InChI=1S/C7H12O.Li/c1-2-3-4-5-6-7-8;/h8H,2-5H2,1H3;/q;+1/p-1. The van der Waals surface area contributed by atoms with E-state index in [4.69, 9.17) is 0 Å². The molecular formula is C7H11LiO. The van der Waals surface area contributed by atoms with Crippen LogP contribution < -0.4 is 24.0 Å². The first-order valence-corrected chi connectivity index (χ1v) is 3.01. The molecular weight excluding hydrogens is 107 g/mol. The molecule has 0 radical (unpaired) electrons. The van der Waals surface area contributed by atoms with Crippen LogP contribution >= 0.6 is 0 Å². The fourth-order valence-electron chi connectivity index (χ4n) is 0.514. The van der Waals surface area contributed by atoms with E-state index >= 15 is 0 Å². The molecule has 0 aromatic carbocycles. The Hall–Kier alpha value is -0.0426. The summed E-state index contributed by atoms with van der Waals surface area (Å²) in [4.78, 5) is 0. The first kappa shape index (κ1) is 11.7. The van der Waals surface area contributed by atoms with E-state index in [1.54, 1.807) is 6.11 Å². The summed E-state index contributed by atoms with van der Waals surface area (Å²) < 4.78 is 0. The Bertz CT molecular complexity index is 90.8. The van der Waals surface area contributed by atoms with Crippen molar-refractivity contribution in [2.24, 2.45) is 0 Å². The quantitative estimate of drug-likeness (QED) is 0.236. The molecule has 0 rings (SSSR count). The minimum atomic E-state index is 0. The average molecular weight is 118 g/mol. The van der Waals surface area contributed by atoms with Gasteiger partial charge < -0.3 is 5.11 Å². The molecule has 0 aliphatic rings. The molecule has 0 aromatic heterocycles. The minimum absolute atomic E-state index is 0. The van der Waals surface area contributed by atoms with E-state index in [1.165, 1.54) is 12.8 Å². The number of hydrogen-bond acceptors (Lipinski definition) is 1. The Morgan fingerprint density at radius 3 is 2.44 bits per heavy atom. The van der Waals surface area contributed by atoms with E-state index in [0.717, 1.165) is 12.8 Å². The summed E-state index contributed by atoms with van der Waals surface area (Å²) in [6, 6.07) is 0. The van der Waals surface area contributed by atoms with Gasteiger partial charge in [-0.3, -0.25) is 0 Å². The molecule has 0 spiro atoms. The minimum Gasteiger partial charge on any atom is -0.833 e. The van der Waals surface area contributed by atoms with Crippen LogP contribution in [0.15, 0.2) is 0 Å². The van der Waals surface area contributed by atoms with Crippen molar-refractivity contribution in [1.82, 2.24) is 0 Å². The van der Waals surface area contributed by atoms with E-state index in [-0.39, 0.29) is 18.9 Å². The van der Waals surface area contributed by atoms with Gasteiger partial charge in [-0.25, -0.2) is 0 Å². The molecule has 0 bridgehead atoms. The van der Waals surface area contributed by atoms with Gasteiger partial charge in [0.1, 0.15) is 0 Å². The van der Waals surface area contributed by atoms with E-state index in [9.17, 15) is 5.11 Å². The van der Waals surface area contributed by atoms with Crippen molar-refractivity contribution in [2.75, 3.05) is 0 Å². The zero-order chi connectivity index (χ0) is 6.24. The SMILES string of the molecule is CCCCCC#C[O-].[Li+]. The fourth-order valence-corrected chi connectivity index (χ4v) is 0.514. The molecule has 0 N–H and O–H groups in total. The van der Waals surface area contributed by atoms with E-state index in [2.05, 4.69) is 12.8 Å². The summed E-state index contributed by atoms with van der Waals surface area (Å²) in [5.41, 5.74) is 0. The third kappa shape index (κ3) is 11.5. The van der Waals surface area contributed by atoms with Gasteiger partial charge in [-0.05, 0) is 6.42 Å². The number of unbranched alkanes of at least 4 members (excludes halogenated alkanes) is 3. The Labute approximate surface area is 69.0 Å². The van der Waals surface area contributed by atoms with Crippen LogP contribution in [0.4, 0.5) is 0 Å². The molecule has 0 atom stereocenters. The van der Waals surface area contributed by atoms with Crippen molar-refractivity contribution in [3.8, 4) is 12.0 Å². The van der Waals surface area contributed by atoms with Crippen molar-refractivity contribution >= 4 is 0 Å². The smallest absolute Gasteiger partial charge is 0.833 e. The monoisotopic (exact) mass is 118 g/mol. The molecule has 0 saturated heterocycles. The van der Waals surface area contributed by atoms with Crippen LogP contribution in [0.3, 0.4) is 0 Å². The van der Waals surface area contributed by atoms with Crippen molar-refractivity contribution < 1.29 is 24.0 Å². The summed E-state index contributed by atoms with van der Waals surface area (Å²) in [5.74, 6) is 2.48. The second-order valence-electron chi connectivity index (χ2n) is 1.74. The Morgan fingerprint density at radius 1 is 1.33 bits per heavy atom. The van der Waals surface area contributed by atoms with Crippen LogP contribution in [0.5, 0.6) is 0 Å². The molecule has 0 unspecified atom stereocenters. The van der Waals surface area contributed by atoms with Crippen molar-refractivity contribution in [1.29, 1.82) is 0 Å². The third-order valence-corrected chi connectivity index (χ3v) is 0.977. The molecule has 0 heterocycles. The summed E-state index contributed by atoms with van der Waals surface area (Å²) in [7, 11) is 0. The van der Waals surface area contributed by atoms with Crippen LogP contribution in [0.25, 0.3) is 0 Å². The van der Waals surface area contributed by atoms with E-state index < -0.39 is 0 Å². The first-order valence-electron chi connectivity index (χ1n) is 3.01. The van der Waals surface area contributed by atoms with Gasteiger partial charge in [-0.1, -0.05) is 19.8 Å². The van der Waals surface area contributed by atoms with Gasteiger partial charge in [0, 0.05) is 6.42 Å². The maximum atomic E-state index is 9.53. The normalized spacial score (nSPS) is 6.78. The molecule has 1 nitrogen and oxygen atoms in total. The Morgan fingerprint density at radius 2 is 2.00 bits per heavy atom. The second kappa shape index (κ2) is 10.9. The molecule has 0 amide bonds. The van der Waals surface area contributed by atoms with Gasteiger partial charge in [0.2, 0.25) is 0 Å². The predicted molar refractivity (Wildman–Crippen MR) is 31.9 cm³/mol. The zero-order valence-electron chi connectivity index (χ0n) is 6.24. The van der Waals surface area contributed by atoms with Gasteiger partial charge in [0.25, 0.3) is 0 Å². The van der Waals surface area contributed by atoms with Gasteiger partial charge in [0.15, 0.2) is 0 Å². The molecule has 0 aliphatic carbocycles.